The summed E-state index contributed by atoms with van der Waals surface area (Å²) in [6.45, 7) is 1.73. The summed E-state index contributed by atoms with van der Waals surface area (Å²) in [4.78, 5) is 42.8. The molecule has 0 fully saturated rings. The molecule has 0 aliphatic carbocycles. The number of hydrogen-bond acceptors (Lipinski definition) is 5. The molecule has 0 aliphatic heterocycles. The molecule has 0 bridgehead atoms. The van der Waals surface area contributed by atoms with Gasteiger partial charge < -0.3 is 5.32 Å². The molecule has 5 aromatic rings. The lowest BCUT2D eigenvalue weighted by Crippen LogP contribution is -2.41. The maximum absolute atomic E-state index is 12.9. The summed E-state index contributed by atoms with van der Waals surface area (Å²) in [5.41, 5.74) is 3.52. The van der Waals surface area contributed by atoms with Crippen LogP contribution in [0.5, 0.6) is 0 Å². The lowest BCUT2D eigenvalue weighted by molar-refractivity contribution is -0.116. The Kier molecular flexibility index (Phi) is 6.12. The van der Waals surface area contributed by atoms with E-state index in [9.17, 15) is 14.4 Å². The van der Waals surface area contributed by atoms with Crippen molar-refractivity contribution in [2.45, 2.75) is 20.0 Å². The van der Waals surface area contributed by atoms with Crippen LogP contribution in [0.1, 0.15) is 6.92 Å². The van der Waals surface area contributed by atoms with Crippen LogP contribution >= 0.6 is 11.3 Å². The zero-order valence-electron chi connectivity index (χ0n) is 19.0. The molecule has 0 saturated heterocycles. The van der Waals surface area contributed by atoms with Crippen molar-refractivity contribution >= 4 is 33.3 Å². The number of nitrogens with zero attached hydrogens (tertiary/aromatic N) is 3. The average molecular weight is 483 g/mol. The summed E-state index contributed by atoms with van der Waals surface area (Å²) in [7, 11) is 0. The van der Waals surface area contributed by atoms with Crippen LogP contribution < -0.4 is 16.6 Å². The molecule has 35 heavy (non-hydrogen) atoms. The van der Waals surface area contributed by atoms with Crippen molar-refractivity contribution in [2.75, 3.05) is 5.32 Å². The molecule has 2 heterocycles. The third-order valence-corrected chi connectivity index (χ3v) is 6.55. The summed E-state index contributed by atoms with van der Waals surface area (Å²) in [6, 6.07) is 25.0. The van der Waals surface area contributed by atoms with E-state index >= 15 is 0 Å². The molecule has 5 rings (SSSR count). The Hall–Kier alpha value is -4.30. The van der Waals surface area contributed by atoms with Gasteiger partial charge >= 0.3 is 5.69 Å². The first-order valence-corrected chi connectivity index (χ1v) is 12.1. The summed E-state index contributed by atoms with van der Waals surface area (Å²) in [5.74, 6) is -0.390. The standard InChI is InChI=1S/C27H22N4O3S/c1-2-30-25(33)21-10-6-7-11-23(21)31(27(30)34)16-24(32)29-26-28-22(17-35-26)20-14-12-19(13-15-20)18-8-4-3-5-9-18/h3-15,17H,2,16H2,1H3,(H,28,29,32). The third-order valence-electron chi connectivity index (χ3n) is 5.79. The Bertz CT molecular complexity index is 1630. The minimum atomic E-state index is -0.510. The monoisotopic (exact) mass is 482 g/mol. The topological polar surface area (TPSA) is 86.0 Å². The highest BCUT2D eigenvalue weighted by Crippen LogP contribution is 2.27. The van der Waals surface area contributed by atoms with E-state index in [-0.39, 0.29) is 24.6 Å². The van der Waals surface area contributed by atoms with E-state index in [2.05, 4.69) is 22.4 Å². The number of amides is 1. The number of nitrogens with one attached hydrogen (secondary N) is 1. The minimum Gasteiger partial charge on any atom is -0.300 e. The van der Waals surface area contributed by atoms with Gasteiger partial charge in [-0.05, 0) is 30.2 Å². The highest BCUT2D eigenvalue weighted by atomic mass is 32.1. The number of fused-ring (bicyclic) bond motifs is 1. The fraction of sp³-hybridized carbons (Fsp3) is 0.111. The second-order valence-corrected chi connectivity index (χ2v) is 8.82. The molecule has 0 radical (unpaired) electrons. The number of carbonyl (C=O) groups excluding carboxylic acids is 1. The number of anilines is 1. The Morgan fingerprint density at radius 3 is 2.26 bits per heavy atom. The molecule has 1 amide bonds. The molecule has 174 valence electrons. The first-order chi connectivity index (χ1) is 17.0. The number of rotatable bonds is 6. The lowest BCUT2D eigenvalue weighted by atomic mass is 10.0. The predicted molar refractivity (Wildman–Crippen MR) is 140 cm³/mol. The number of thiazole rings is 1. The van der Waals surface area contributed by atoms with E-state index in [0.29, 0.717) is 16.0 Å². The average Bonchev–Trinajstić information content (AvgIpc) is 3.36. The summed E-state index contributed by atoms with van der Waals surface area (Å²) in [5, 5.41) is 5.51. The van der Waals surface area contributed by atoms with Crippen LogP contribution in [0, 0.1) is 0 Å². The SMILES string of the molecule is CCn1c(=O)c2ccccc2n(CC(=O)Nc2nc(-c3ccc(-c4ccccc4)cc3)cs2)c1=O. The number of aromatic nitrogens is 3. The Balaban J connectivity index is 1.35. The molecule has 0 saturated carbocycles. The highest BCUT2D eigenvalue weighted by molar-refractivity contribution is 7.14. The zero-order chi connectivity index (χ0) is 24.4. The fourth-order valence-corrected chi connectivity index (χ4v) is 4.77. The molecule has 0 aliphatic rings. The molecular weight excluding hydrogens is 460 g/mol. The van der Waals surface area contributed by atoms with Gasteiger partial charge in [-0.3, -0.25) is 18.7 Å². The van der Waals surface area contributed by atoms with Gasteiger partial charge in [0, 0.05) is 17.5 Å². The molecular formula is C27H22N4O3S. The van der Waals surface area contributed by atoms with E-state index in [1.54, 1.807) is 31.2 Å². The molecule has 7 nitrogen and oxygen atoms in total. The van der Waals surface area contributed by atoms with Gasteiger partial charge in [0.05, 0.1) is 16.6 Å². The van der Waals surface area contributed by atoms with Crippen molar-refractivity contribution in [2.24, 2.45) is 0 Å². The van der Waals surface area contributed by atoms with Crippen LogP contribution in [-0.2, 0) is 17.9 Å². The number of benzene rings is 3. The smallest absolute Gasteiger partial charge is 0.300 e. The van der Waals surface area contributed by atoms with Crippen molar-refractivity contribution in [3.8, 4) is 22.4 Å². The van der Waals surface area contributed by atoms with Gasteiger partial charge in [0.2, 0.25) is 5.91 Å². The Morgan fingerprint density at radius 2 is 1.51 bits per heavy atom. The molecule has 0 unspecified atom stereocenters. The van der Waals surface area contributed by atoms with Crippen LogP contribution in [0.25, 0.3) is 33.3 Å². The zero-order valence-corrected chi connectivity index (χ0v) is 19.8. The van der Waals surface area contributed by atoms with Gasteiger partial charge in [-0.15, -0.1) is 11.3 Å². The first kappa shape index (κ1) is 22.5. The largest absolute Gasteiger partial charge is 0.331 e. The number of hydrogen-bond donors (Lipinski definition) is 1. The van der Waals surface area contributed by atoms with Crippen molar-refractivity contribution in [3.05, 3.63) is 105 Å². The number of para-hydroxylation sites is 1. The van der Waals surface area contributed by atoms with E-state index in [1.807, 2.05) is 47.8 Å². The highest BCUT2D eigenvalue weighted by Gasteiger charge is 2.15. The van der Waals surface area contributed by atoms with Gasteiger partial charge in [-0.1, -0.05) is 66.7 Å². The lowest BCUT2D eigenvalue weighted by Gasteiger charge is -2.12. The maximum Gasteiger partial charge on any atom is 0.331 e. The second kappa shape index (κ2) is 9.52. The van der Waals surface area contributed by atoms with Crippen LogP contribution in [0.3, 0.4) is 0 Å². The molecule has 0 atom stereocenters. The van der Waals surface area contributed by atoms with Crippen molar-refractivity contribution in [1.29, 1.82) is 0 Å². The third kappa shape index (κ3) is 4.43. The van der Waals surface area contributed by atoms with E-state index in [4.69, 9.17) is 0 Å². The van der Waals surface area contributed by atoms with E-state index < -0.39 is 5.69 Å². The molecule has 2 aromatic heterocycles. The van der Waals surface area contributed by atoms with Gasteiger partial charge in [0.1, 0.15) is 6.54 Å². The van der Waals surface area contributed by atoms with Gasteiger partial charge in [-0.2, -0.15) is 0 Å². The van der Waals surface area contributed by atoms with Crippen LogP contribution in [0.4, 0.5) is 5.13 Å². The minimum absolute atomic E-state index is 0.222. The van der Waals surface area contributed by atoms with Crippen LogP contribution in [0.15, 0.2) is 93.8 Å². The molecule has 3 aromatic carbocycles. The molecule has 0 spiro atoms. The second-order valence-electron chi connectivity index (χ2n) is 7.96. The molecule has 8 heteroatoms. The first-order valence-electron chi connectivity index (χ1n) is 11.2. The van der Waals surface area contributed by atoms with Crippen molar-refractivity contribution in [1.82, 2.24) is 14.1 Å². The van der Waals surface area contributed by atoms with Crippen molar-refractivity contribution < 1.29 is 4.79 Å². The fourth-order valence-electron chi connectivity index (χ4n) is 4.03. The van der Waals surface area contributed by atoms with E-state index in [1.165, 1.54) is 15.9 Å². The maximum atomic E-state index is 12.9. The normalized spacial score (nSPS) is 11.0. The quantitative estimate of drug-likeness (QED) is 0.383. The Morgan fingerprint density at radius 1 is 0.857 bits per heavy atom. The predicted octanol–water partition coefficient (Wildman–Crippen LogP) is 4.61. The molecule has 1 N–H and O–H groups in total. The summed E-state index contributed by atoms with van der Waals surface area (Å²) >= 11 is 1.32. The van der Waals surface area contributed by atoms with Gasteiger partial charge in [0.25, 0.3) is 5.56 Å². The van der Waals surface area contributed by atoms with Crippen LogP contribution in [-0.4, -0.2) is 20.0 Å². The Labute approximate surface area is 204 Å². The van der Waals surface area contributed by atoms with Gasteiger partial charge in [-0.25, -0.2) is 9.78 Å². The summed E-state index contributed by atoms with van der Waals surface area (Å²) < 4.78 is 2.46. The van der Waals surface area contributed by atoms with Crippen molar-refractivity contribution in [3.63, 3.8) is 0 Å². The van der Waals surface area contributed by atoms with Crippen LogP contribution in [0.2, 0.25) is 0 Å². The van der Waals surface area contributed by atoms with E-state index in [0.717, 1.165) is 27.0 Å². The number of carbonyl (C=O) groups is 1. The van der Waals surface area contributed by atoms with Gasteiger partial charge in [0.15, 0.2) is 5.13 Å². The summed E-state index contributed by atoms with van der Waals surface area (Å²) in [6.07, 6.45) is 0.